The Kier molecular flexibility index (Phi) is 8.15. The van der Waals surface area contributed by atoms with Crippen molar-refractivity contribution in [2.75, 3.05) is 20.3 Å². The summed E-state index contributed by atoms with van der Waals surface area (Å²) in [6, 6.07) is 7.39. The van der Waals surface area contributed by atoms with Gasteiger partial charge < -0.3 is 14.6 Å². The van der Waals surface area contributed by atoms with Gasteiger partial charge in [0, 0.05) is 19.1 Å². The number of phenols is 1. The van der Waals surface area contributed by atoms with E-state index in [4.69, 9.17) is 9.47 Å². The van der Waals surface area contributed by atoms with Crippen LogP contribution in [0.4, 0.5) is 0 Å². The molecule has 4 aliphatic rings. The molecule has 200 valence electrons. The van der Waals surface area contributed by atoms with E-state index in [-0.39, 0.29) is 47.5 Å². The first-order chi connectivity index (χ1) is 18.0. The summed E-state index contributed by atoms with van der Waals surface area (Å²) in [6.45, 7) is 3.19. The number of imide groups is 1. The number of hydrogen-bond acceptors (Lipinski definition) is 5. The molecule has 3 fully saturated rings. The van der Waals surface area contributed by atoms with Crippen molar-refractivity contribution in [1.29, 1.82) is 0 Å². The summed E-state index contributed by atoms with van der Waals surface area (Å²) in [5.41, 5.74) is 4.85. The van der Waals surface area contributed by atoms with E-state index in [1.807, 2.05) is 12.1 Å². The predicted octanol–water partition coefficient (Wildman–Crippen LogP) is 5.65. The first-order valence-corrected chi connectivity index (χ1v) is 14.2. The van der Waals surface area contributed by atoms with E-state index in [2.05, 4.69) is 13.0 Å². The molecule has 0 bridgehead atoms. The summed E-state index contributed by atoms with van der Waals surface area (Å²) in [7, 11) is 1.70. The minimum absolute atomic E-state index is 0.0188. The molecule has 1 aromatic carbocycles. The third kappa shape index (κ3) is 5.28. The second kappa shape index (κ2) is 11.5. The maximum Gasteiger partial charge on any atom is 0.234 e. The van der Waals surface area contributed by atoms with Gasteiger partial charge in [-0.1, -0.05) is 56.4 Å². The lowest BCUT2D eigenvalue weighted by molar-refractivity contribution is -0.143. The number of amides is 2. The molecule has 2 aliphatic carbocycles. The van der Waals surface area contributed by atoms with E-state index in [0.717, 1.165) is 56.9 Å². The molecular formula is C31H41NO5. The van der Waals surface area contributed by atoms with Crippen LogP contribution in [-0.4, -0.2) is 54.3 Å². The van der Waals surface area contributed by atoms with Crippen molar-refractivity contribution in [2.45, 2.75) is 83.3 Å². The standard InChI is InChI=1S/C31H41NO5/c1-3-7-20(16-21-10-13-24(33)14-11-21)12-15-27-28-22(18-36-2)17-25-29(26(28)19-37-27)31(35)32(30(25)34)23-8-5-4-6-9-23/h10-11,13-14,16,23,25-27,29,33H,3-9,12,15,17-19H2,1-2H3/b20-16+/t25-,26+,27-,29-/m1/s1. The van der Waals surface area contributed by atoms with E-state index >= 15 is 0 Å². The van der Waals surface area contributed by atoms with Crippen molar-refractivity contribution in [3.05, 3.63) is 46.5 Å². The second-order valence-electron chi connectivity index (χ2n) is 11.3. The molecule has 2 amide bonds. The van der Waals surface area contributed by atoms with Crippen molar-refractivity contribution in [2.24, 2.45) is 17.8 Å². The highest BCUT2D eigenvalue weighted by molar-refractivity contribution is 6.06. The normalized spacial score (nSPS) is 28.7. The highest BCUT2D eigenvalue weighted by atomic mass is 16.5. The highest BCUT2D eigenvalue weighted by Gasteiger charge is 2.58. The Morgan fingerprint density at radius 1 is 1.08 bits per heavy atom. The van der Waals surface area contributed by atoms with Crippen LogP contribution in [0.2, 0.25) is 0 Å². The van der Waals surface area contributed by atoms with Crippen LogP contribution < -0.4 is 0 Å². The van der Waals surface area contributed by atoms with Gasteiger partial charge in [0.2, 0.25) is 11.8 Å². The molecule has 0 aromatic heterocycles. The van der Waals surface area contributed by atoms with Crippen LogP contribution in [0, 0.1) is 17.8 Å². The molecule has 1 N–H and O–H groups in total. The van der Waals surface area contributed by atoms with Gasteiger partial charge in [-0.05, 0) is 67.4 Å². The zero-order chi connectivity index (χ0) is 25.9. The van der Waals surface area contributed by atoms with Crippen molar-refractivity contribution in [3.8, 4) is 5.75 Å². The van der Waals surface area contributed by atoms with Crippen LogP contribution in [0.5, 0.6) is 5.75 Å². The van der Waals surface area contributed by atoms with Gasteiger partial charge in [-0.25, -0.2) is 0 Å². The Labute approximate surface area is 220 Å². The number of phenolic OH excluding ortho intramolecular Hbond substituents is 1. The second-order valence-corrected chi connectivity index (χ2v) is 11.3. The molecule has 1 saturated carbocycles. The van der Waals surface area contributed by atoms with Crippen molar-refractivity contribution in [3.63, 3.8) is 0 Å². The van der Waals surface area contributed by atoms with Gasteiger partial charge in [0.1, 0.15) is 5.75 Å². The molecular weight excluding hydrogens is 466 g/mol. The van der Waals surface area contributed by atoms with Crippen LogP contribution in [0.15, 0.2) is 41.0 Å². The fourth-order valence-corrected chi connectivity index (χ4v) is 7.22. The average molecular weight is 508 g/mol. The number of fused-ring (bicyclic) bond motifs is 3. The maximum absolute atomic E-state index is 13.7. The Bertz CT molecular complexity index is 1050. The summed E-state index contributed by atoms with van der Waals surface area (Å²) in [4.78, 5) is 28.9. The van der Waals surface area contributed by atoms with Crippen LogP contribution >= 0.6 is 0 Å². The summed E-state index contributed by atoms with van der Waals surface area (Å²) in [5.74, 6) is -0.202. The number of benzene rings is 1. The molecule has 1 aromatic rings. The number of methoxy groups -OCH3 is 1. The van der Waals surface area contributed by atoms with Gasteiger partial charge in [-0.3, -0.25) is 14.5 Å². The van der Waals surface area contributed by atoms with E-state index in [1.54, 1.807) is 24.1 Å². The molecule has 37 heavy (non-hydrogen) atoms. The number of nitrogens with zero attached hydrogens (tertiary/aromatic N) is 1. The number of carbonyl (C=O) groups excluding carboxylic acids is 2. The maximum atomic E-state index is 13.7. The molecule has 5 rings (SSSR count). The molecule has 2 aliphatic heterocycles. The quantitative estimate of drug-likeness (QED) is 0.345. The summed E-state index contributed by atoms with van der Waals surface area (Å²) >= 11 is 0. The molecule has 6 heteroatoms. The molecule has 6 nitrogen and oxygen atoms in total. The highest BCUT2D eigenvalue weighted by Crippen LogP contribution is 2.50. The lowest BCUT2D eigenvalue weighted by Gasteiger charge is -2.31. The predicted molar refractivity (Wildman–Crippen MR) is 143 cm³/mol. The number of likely N-dealkylation sites (tertiary alicyclic amines) is 1. The Morgan fingerprint density at radius 3 is 2.54 bits per heavy atom. The van der Waals surface area contributed by atoms with Crippen LogP contribution in [0.3, 0.4) is 0 Å². The molecule has 0 radical (unpaired) electrons. The summed E-state index contributed by atoms with van der Waals surface area (Å²) in [6.07, 6.45) is 11.9. The molecule has 2 saturated heterocycles. The monoisotopic (exact) mass is 507 g/mol. The Morgan fingerprint density at radius 2 is 1.84 bits per heavy atom. The third-order valence-corrected chi connectivity index (χ3v) is 8.86. The summed E-state index contributed by atoms with van der Waals surface area (Å²) < 4.78 is 12.0. The molecule has 2 heterocycles. The lowest BCUT2D eigenvalue weighted by atomic mass is 9.69. The van der Waals surface area contributed by atoms with Gasteiger partial charge in [0.15, 0.2) is 0 Å². The first kappa shape index (κ1) is 26.2. The zero-order valence-corrected chi connectivity index (χ0v) is 22.3. The molecule has 0 spiro atoms. The first-order valence-electron chi connectivity index (χ1n) is 14.2. The van der Waals surface area contributed by atoms with Crippen LogP contribution in [0.25, 0.3) is 6.08 Å². The van der Waals surface area contributed by atoms with Crippen molar-refractivity contribution >= 4 is 17.9 Å². The number of ether oxygens (including phenoxy) is 2. The van der Waals surface area contributed by atoms with E-state index in [1.165, 1.54) is 23.1 Å². The van der Waals surface area contributed by atoms with E-state index in [9.17, 15) is 14.7 Å². The van der Waals surface area contributed by atoms with Gasteiger partial charge in [-0.15, -0.1) is 0 Å². The SMILES string of the molecule is CCC/C(=C\c1ccc(O)cc1)CC[C@H]1OC[C@H]2C1=C(COC)C[C@H]1C(=O)N(C3CCCCC3)C(=O)[C@H]12. The van der Waals surface area contributed by atoms with Crippen molar-refractivity contribution < 1.29 is 24.2 Å². The van der Waals surface area contributed by atoms with Crippen LogP contribution in [-0.2, 0) is 19.1 Å². The van der Waals surface area contributed by atoms with Crippen LogP contribution in [0.1, 0.15) is 76.7 Å². The van der Waals surface area contributed by atoms with Gasteiger partial charge in [-0.2, -0.15) is 0 Å². The molecule has 0 unspecified atom stereocenters. The fraction of sp³-hybridized carbons (Fsp3) is 0.613. The molecule has 4 atom stereocenters. The van der Waals surface area contributed by atoms with Gasteiger partial charge in [0.05, 0.1) is 31.2 Å². The smallest absolute Gasteiger partial charge is 0.234 e. The lowest BCUT2D eigenvalue weighted by Crippen LogP contribution is -2.42. The van der Waals surface area contributed by atoms with Gasteiger partial charge in [0.25, 0.3) is 0 Å². The Balaban J connectivity index is 1.35. The van der Waals surface area contributed by atoms with Crippen molar-refractivity contribution in [1.82, 2.24) is 4.90 Å². The third-order valence-electron chi connectivity index (χ3n) is 8.86. The number of carbonyl (C=O) groups is 2. The number of hydrogen-bond donors (Lipinski definition) is 1. The number of rotatable bonds is 9. The number of aromatic hydroxyl groups is 1. The number of allylic oxidation sites excluding steroid dienone is 1. The average Bonchev–Trinajstić information content (AvgIpc) is 3.43. The van der Waals surface area contributed by atoms with E-state index in [0.29, 0.717) is 19.6 Å². The zero-order valence-electron chi connectivity index (χ0n) is 22.3. The fourth-order valence-electron chi connectivity index (χ4n) is 7.22. The van der Waals surface area contributed by atoms with Gasteiger partial charge >= 0.3 is 0 Å². The largest absolute Gasteiger partial charge is 0.508 e. The topological polar surface area (TPSA) is 76.1 Å². The Hall–Kier alpha value is -2.44. The minimum atomic E-state index is -0.280. The minimum Gasteiger partial charge on any atom is -0.508 e. The van der Waals surface area contributed by atoms with E-state index < -0.39 is 0 Å². The summed E-state index contributed by atoms with van der Waals surface area (Å²) in [5, 5.41) is 9.61.